The molecule has 0 unspecified atom stereocenters. The molecule has 7 nitrogen and oxygen atoms in total. The monoisotopic (exact) mass is 436 g/mol. The van der Waals surface area contributed by atoms with E-state index in [9.17, 15) is 13.2 Å². The lowest BCUT2D eigenvalue weighted by molar-refractivity contribution is -0.113. The molecule has 9 heteroatoms. The van der Waals surface area contributed by atoms with E-state index in [4.69, 9.17) is 9.47 Å². The Balaban J connectivity index is 1.67. The molecule has 3 rings (SSSR count). The summed E-state index contributed by atoms with van der Waals surface area (Å²) in [5.41, 5.74) is 1.57. The minimum atomic E-state index is -3.74. The third-order valence-corrected chi connectivity index (χ3v) is 7.30. The molecule has 0 aromatic heterocycles. The molecule has 156 valence electrons. The number of morpholine rings is 1. The van der Waals surface area contributed by atoms with Crippen LogP contribution in [0.1, 0.15) is 5.56 Å². The Kier molecular flexibility index (Phi) is 7.54. The van der Waals surface area contributed by atoms with E-state index in [2.05, 4.69) is 5.32 Å². The number of nitrogens with one attached hydrogen (secondary N) is 1. The number of sulfonamides is 1. The van der Waals surface area contributed by atoms with Crippen molar-refractivity contribution in [3.63, 3.8) is 0 Å². The van der Waals surface area contributed by atoms with E-state index in [1.165, 1.54) is 29.2 Å². The van der Waals surface area contributed by atoms with Gasteiger partial charge in [0.2, 0.25) is 15.9 Å². The summed E-state index contributed by atoms with van der Waals surface area (Å²) in [4.78, 5) is 12.3. The molecular formula is C20H24N2O5S2. The molecule has 0 atom stereocenters. The second-order valence-electron chi connectivity index (χ2n) is 6.41. The summed E-state index contributed by atoms with van der Waals surface area (Å²) in [7, 11) is -2.32. The van der Waals surface area contributed by atoms with Crippen molar-refractivity contribution in [3.8, 4) is 5.75 Å². The number of hydrogen-bond acceptors (Lipinski definition) is 6. The minimum absolute atomic E-state index is 0.0386. The van der Waals surface area contributed by atoms with Gasteiger partial charge in [0.15, 0.2) is 0 Å². The number of methoxy groups -OCH3 is 1. The zero-order valence-electron chi connectivity index (χ0n) is 16.2. The van der Waals surface area contributed by atoms with Crippen LogP contribution in [0.2, 0.25) is 0 Å². The maximum atomic E-state index is 13.0. The van der Waals surface area contributed by atoms with Crippen molar-refractivity contribution in [2.24, 2.45) is 0 Å². The fraction of sp³-hybridized carbons (Fsp3) is 0.350. The van der Waals surface area contributed by atoms with E-state index >= 15 is 0 Å². The number of nitrogens with zero attached hydrogens (tertiary/aromatic N) is 1. The van der Waals surface area contributed by atoms with Gasteiger partial charge in [0, 0.05) is 24.5 Å². The molecule has 0 radical (unpaired) electrons. The molecule has 1 heterocycles. The molecule has 0 aliphatic carbocycles. The molecule has 0 spiro atoms. The van der Waals surface area contributed by atoms with Crippen LogP contribution in [0.3, 0.4) is 0 Å². The van der Waals surface area contributed by atoms with Crippen molar-refractivity contribution in [2.45, 2.75) is 10.6 Å². The first-order valence-electron chi connectivity index (χ1n) is 9.18. The highest BCUT2D eigenvalue weighted by atomic mass is 32.2. The zero-order valence-corrected chi connectivity index (χ0v) is 17.8. The molecule has 1 N–H and O–H groups in total. The number of ether oxygens (including phenoxy) is 2. The van der Waals surface area contributed by atoms with Crippen LogP contribution in [0.5, 0.6) is 5.75 Å². The van der Waals surface area contributed by atoms with Crippen LogP contribution in [-0.2, 0) is 25.3 Å². The summed E-state index contributed by atoms with van der Waals surface area (Å²) in [6.07, 6.45) is 0. The fourth-order valence-electron chi connectivity index (χ4n) is 2.91. The van der Waals surface area contributed by atoms with Gasteiger partial charge in [-0.15, -0.1) is 11.8 Å². The number of anilines is 1. The Morgan fingerprint density at radius 1 is 1.17 bits per heavy atom. The molecule has 2 aromatic rings. The smallest absolute Gasteiger partial charge is 0.246 e. The highest BCUT2D eigenvalue weighted by Crippen LogP contribution is 2.30. The number of hydrogen-bond donors (Lipinski definition) is 1. The molecule has 1 aliphatic heterocycles. The van der Waals surface area contributed by atoms with Gasteiger partial charge in [0.1, 0.15) is 10.6 Å². The predicted octanol–water partition coefficient (Wildman–Crippen LogP) is 2.59. The van der Waals surface area contributed by atoms with Crippen LogP contribution in [0, 0.1) is 0 Å². The predicted molar refractivity (Wildman–Crippen MR) is 114 cm³/mol. The highest BCUT2D eigenvalue weighted by Gasteiger charge is 2.29. The normalized spacial score (nSPS) is 15.1. The largest absolute Gasteiger partial charge is 0.495 e. The number of benzene rings is 2. The third kappa shape index (κ3) is 5.72. The third-order valence-electron chi connectivity index (χ3n) is 4.38. The van der Waals surface area contributed by atoms with Crippen LogP contribution in [0.15, 0.2) is 53.4 Å². The molecule has 1 fully saturated rings. The molecule has 0 bridgehead atoms. The van der Waals surface area contributed by atoms with E-state index in [-0.39, 0.29) is 35.4 Å². The second-order valence-corrected chi connectivity index (χ2v) is 9.30. The highest BCUT2D eigenvalue weighted by molar-refractivity contribution is 7.99. The summed E-state index contributed by atoms with van der Waals surface area (Å²) in [6.45, 7) is 1.30. The Labute approximate surface area is 175 Å². The fourth-order valence-corrected chi connectivity index (χ4v) is 5.29. The van der Waals surface area contributed by atoms with Crippen LogP contribution >= 0.6 is 11.8 Å². The van der Waals surface area contributed by atoms with Gasteiger partial charge in [-0.1, -0.05) is 30.3 Å². The van der Waals surface area contributed by atoms with Gasteiger partial charge < -0.3 is 14.8 Å². The van der Waals surface area contributed by atoms with Crippen LogP contribution in [0.25, 0.3) is 0 Å². The van der Waals surface area contributed by atoms with Crippen molar-refractivity contribution >= 4 is 33.4 Å². The van der Waals surface area contributed by atoms with Crippen molar-refractivity contribution < 1.29 is 22.7 Å². The number of rotatable bonds is 8. The maximum absolute atomic E-state index is 13.0. The summed E-state index contributed by atoms with van der Waals surface area (Å²) in [5.74, 6) is 1.05. The lowest BCUT2D eigenvalue weighted by Gasteiger charge is -2.26. The van der Waals surface area contributed by atoms with Crippen LogP contribution < -0.4 is 10.1 Å². The Morgan fingerprint density at radius 3 is 2.59 bits per heavy atom. The maximum Gasteiger partial charge on any atom is 0.246 e. The van der Waals surface area contributed by atoms with Gasteiger partial charge >= 0.3 is 0 Å². The lowest BCUT2D eigenvalue weighted by atomic mass is 10.2. The Hall–Kier alpha value is -2.07. The molecular weight excluding hydrogens is 412 g/mol. The van der Waals surface area contributed by atoms with Gasteiger partial charge in [-0.05, 0) is 23.8 Å². The van der Waals surface area contributed by atoms with Crippen LogP contribution in [0.4, 0.5) is 5.69 Å². The topological polar surface area (TPSA) is 84.9 Å². The summed E-state index contributed by atoms with van der Waals surface area (Å²) in [6, 6.07) is 14.5. The van der Waals surface area contributed by atoms with E-state index in [1.807, 2.05) is 30.3 Å². The van der Waals surface area contributed by atoms with E-state index in [0.29, 0.717) is 18.9 Å². The number of thioether (sulfide) groups is 1. The van der Waals surface area contributed by atoms with Crippen molar-refractivity contribution in [2.75, 3.05) is 44.5 Å². The average molecular weight is 437 g/mol. The summed E-state index contributed by atoms with van der Waals surface area (Å²) < 4.78 is 37.9. The number of amides is 1. The summed E-state index contributed by atoms with van der Waals surface area (Å²) >= 11 is 1.50. The van der Waals surface area contributed by atoms with Crippen LogP contribution in [-0.4, -0.2) is 57.8 Å². The molecule has 29 heavy (non-hydrogen) atoms. The molecule has 1 saturated heterocycles. The molecule has 0 saturated carbocycles. The zero-order chi connectivity index (χ0) is 20.7. The first kappa shape index (κ1) is 21.6. The minimum Gasteiger partial charge on any atom is -0.495 e. The number of carbonyl (C=O) groups excluding carboxylic acids is 1. The SMILES string of the molecule is COc1ccc(NC(=O)CSCc2ccccc2)cc1S(=O)(=O)N1CCOCC1. The van der Waals surface area contributed by atoms with E-state index in [0.717, 1.165) is 11.3 Å². The quantitative estimate of drug-likeness (QED) is 0.685. The van der Waals surface area contributed by atoms with E-state index < -0.39 is 10.0 Å². The molecule has 1 amide bonds. The van der Waals surface area contributed by atoms with Gasteiger partial charge in [0.25, 0.3) is 0 Å². The van der Waals surface area contributed by atoms with Crippen molar-refractivity contribution in [3.05, 3.63) is 54.1 Å². The summed E-state index contributed by atoms with van der Waals surface area (Å²) in [5, 5.41) is 2.77. The van der Waals surface area contributed by atoms with Gasteiger partial charge in [-0.2, -0.15) is 4.31 Å². The van der Waals surface area contributed by atoms with Crippen molar-refractivity contribution in [1.82, 2.24) is 4.31 Å². The van der Waals surface area contributed by atoms with Gasteiger partial charge in [-0.25, -0.2) is 8.42 Å². The molecule has 1 aliphatic rings. The first-order valence-corrected chi connectivity index (χ1v) is 11.8. The van der Waals surface area contributed by atoms with Crippen molar-refractivity contribution in [1.29, 1.82) is 0 Å². The van der Waals surface area contributed by atoms with Gasteiger partial charge in [-0.3, -0.25) is 4.79 Å². The second kappa shape index (κ2) is 10.1. The van der Waals surface area contributed by atoms with Gasteiger partial charge in [0.05, 0.1) is 26.1 Å². The lowest BCUT2D eigenvalue weighted by Crippen LogP contribution is -2.40. The standard InChI is InChI=1S/C20H24N2O5S2/c1-26-18-8-7-17(13-19(18)29(24,25)22-9-11-27-12-10-22)21-20(23)15-28-14-16-5-3-2-4-6-16/h2-8,13H,9-12,14-15H2,1H3,(H,21,23). The Bertz CT molecular complexity index is 929. The Morgan fingerprint density at radius 2 is 1.90 bits per heavy atom. The first-order chi connectivity index (χ1) is 14.0. The average Bonchev–Trinajstić information content (AvgIpc) is 2.75. The van der Waals surface area contributed by atoms with E-state index in [1.54, 1.807) is 12.1 Å². The molecule has 2 aromatic carbocycles. The number of carbonyl (C=O) groups is 1.